The Balaban J connectivity index is 1.96. The maximum Gasteiger partial charge on any atom is 0.224 e. The number of rotatable bonds is 8. The summed E-state index contributed by atoms with van der Waals surface area (Å²) >= 11 is 0. The van der Waals surface area contributed by atoms with Crippen LogP contribution in [0.2, 0.25) is 0 Å². The SMILES string of the molecule is CCCCCCCCNC(=O)C1CCC(C)NC1. The van der Waals surface area contributed by atoms with E-state index in [1.807, 2.05) is 0 Å². The third-order valence-electron chi connectivity index (χ3n) is 3.86. The van der Waals surface area contributed by atoms with Crippen molar-refractivity contribution < 1.29 is 4.79 Å². The van der Waals surface area contributed by atoms with E-state index in [1.165, 1.54) is 32.1 Å². The van der Waals surface area contributed by atoms with Crippen LogP contribution in [0.25, 0.3) is 0 Å². The lowest BCUT2D eigenvalue weighted by Crippen LogP contribution is -2.44. The summed E-state index contributed by atoms with van der Waals surface area (Å²) < 4.78 is 0. The molecule has 1 aliphatic heterocycles. The standard InChI is InChI=1S/C15H30N2O/c1-3-4-5-6-7-8-11-16-15(18)14-10-9-13(2)17-12-14/h13-14,17H,3-12H2,1-2H3,(H,16,18). The molecule has 106 valence electrons. The van der Waals surface area contributed by atoms with Crippen LogP contribution in [0.5, 0.6) is 0 Å². The molecule has 0 aromatic heterocycles. The molecule has 1 amide bonds. The fourth-order valence-electron chi connectivity index (χ4n) is 2.48. The second kappa shape index (κ2) is 9.37. The molecule has 2 atom stereocenters. The van der Waals surface area contributed by atoms with E-state index >= 15 is 0 Å². The summed E-state index contributed by atoms with van der Waals surface area (Å²) in [5.74, 6) is 0.448. The van der Waals surface area contributed by atoms with E-state index in [2.05, 4.69) is 24.5 Å². The van der Waals surface area contributed by atoms with E-state index in [0.29, 0.717) is 6.04 Å². The second-order valence-electron chi connectivity index (χ2n) is 5.64. The van der Waals surface area contributed by atoms with Crippen LogP contribution in [0.1, 0.15) is 65.2 Å². The monoisotopic (exact) mass is 254 g/mol. The molecule has 3 nitrogen and oxygen atoms in total. The Bertz CT molecular complexity index is 223. The van der Waals surface area contributed by atoms with Gasteiger partial charge in [-0.15, -0.1) is 0 Å². The Morgan fingerprint density at radius 1 is 1.17 bits per heavy atom. The minimum Gasteiger partial charge on any atom is -0.356 e. The lowest BCUT2D eigenvalue weighted by molar-refractivity contribution is -0.125. The van der Waals surface area contributed by atoms with Gasteiger partial charge in [0.1, 0.15) is 0 Å². The summed E-state index contributed by atoms with van der Waals surface area (Å²) in [7, 11) is 0. The van der Waals surface area contributed by atoms with Crippen molar-refractivity contribution in [2.24, 2.45) is 5.92 Å². The van der Waals surface area contributed by atoms with Crippen molar-refractivity contribution in [3.8, 4) is 0 Å². The van der Waals surface area contributed by atoms with Crippen molar-refractivity contribution in [1.82, 2.24) is 10.6 Å². The smallest absolute Gasteiger partial charge is 0.224 e. The van der Waals surface area contributed by atoms with Crippen LogP contribution in [0.4, 0.5) is 0 Å². The highest BCUT2D eigenvalue weighted by Gasteiger charge is 2.23. The number of hydrogen-bond donors (Lipinski definition) is 2. The van der Waals surface area contributed by atoms with Gasteiger partial charge in [0.15, 0.2) is 0 Å². The molecule has 1 rings (SSSR count). The normalized spacial score (nSPS) is 23.9. The van der Waals surface area contributed by atoms with Gasteiger partial charge in [-0.05, 0) is 26.2 Å². The lowest BCUT2D eigenvalue weighted by Gasteiger charge is -2.26. The van der Waals surface area contributed by atoms with Crippen molar-refractivity contribution >= 4 is 5.91 Å². The third-order valence-corrected chi connectivity index (χ3v) is 3.86. The van der Waals surface area contributed by atoms with Crippen LogP contribution in [0, 0.1) is 5.92 Å². The molecule has 0 spiro atoms. The fourth-order valence-corrected chi connectivity index (χ4v) is 2.48. The number of carbonyl (C=O) groups is 1. The molecule has 3 heteroatoms. The van der Waals surface area contributed by atoms with Crippen molar-refractivity contribution in [1.29, 1.82) is 0 Å². The van der Waals surface area contributed by atoms with Crippen LogP contribution >= 0.6 is 0 Å². The zero-order valence-electron chi connectivity index (χ0n) is 12.1. The maximum absolute atomic E-state index is 11.9. The first-order valence-corrected chi connectivity index (χ1v) is 7.75. The largest absolute Gasteiger partial charge is 0.356 e. The first kappa shape index (κ1) is 15.5. The highest BCUT2D eigenvalue weighted by Crippen LogP contribution is 2.14. The topological polar surface area (TPSA) is 41.1 Å². The molecule has 0 aliphatic carbocycles. The van der Waals surface area contributed by atoms with Gasteiger partial charge in [0.25, 0.3) is 0 Å². The summed E-state index contributed by atoms with van der Waals surface area (Å²) in [6.07, 6.45) is 9.83. The molecule has 18 heavy (non-hydrogen) atoms. The predicted octanol–water partition coefficient (Wildman–Crippen LogP) is 2.85. The van der Waals surface area contributed by atoms with Crippen LogP contribution in [-0.4, -0.2) is 25.0 Å². The van der Waals surface area contributed by atoms with Crippen molar-refractivity contribution in [3.63, 3.8) is 0 Å². The molecule has 0 radical (unpaired) electrons. The molecule has 1 fully saturated rings. The summed E-state index contributed by atoms with van der Waals surface area (Å²) in [5, 5.41) is 6.46. The number of amides is 1. The first-order valence-electron chi connectivity index (χ1n) is 7.75. The molecule has 2 unspecified atom stereocenters. The predicted molar refractivity (Wildman–Crippen MR) is 76.6 cm³/mol. The average molecular weight is 254 g/mol. The highest BCUT2D eigenvalue weighted by molar-refractivity contribution is 5.78. The number of piperidine rings is 1. The molecular weight excluding hydrogens is 224 g/mol. The Morgan fingerprint density at radius 3 is 2.56 bits per heavy atom. The summed E-state index contributed by atoms with van der Waals surface area (Å²) in [6.45, 7) is 6.13. The van der Waals surface area contributed by atoms with Crippen LogP contribution < -0.4 is 10.6 Å². The Hall–Kier alpha value is -0.570. The fraction of sp³-hybridized carbons (Fsp3) is 0.933. The van der Waals surface area contributed by atoms with Crippen molar-refractivity contribution in [3.05, 3.63) is 0 Å². The van der Waals surface area contributed by atoms with Gasteiger partial charge < -0.3 is 10.6 Å². The minimum absolute atomic E-state index is 0.196. The summed E-state index contributed by atoms with van der Waals surface area (Å²) in [6, 6.07) is 0.576. The van der Waals surface area contributed by atoms with Crippen LogP contribution in [-0.2, 0) is 4.79 Å². The third kappa shape index (κ3) is 6.39. The van der Waals surface area contributed by atoms with Gasteiger partial charge in [0.05, 0.1) is 5.92 Å². The van der Waals surface area contributed by atoms with Gasteiger partial charge in [-0.25, -0.2) is 0 Å². The highest BCUT2D eigenvalue weighted by atomic mass is 16.1. The molecule has 0 aromatic carbocycles. The van der Waals surface area contributed by atoms with E-state index in [1.54, 1.807) is 0 Å². The summed E-state index contributed by atoms with van der Waals surface area (Å²) in [5.41, 5.74) is 0. The van der Waals surface area contributed by atoms with E-state index in [4.69, 9.17) is 0 Å². The Labute approximate surface area is 112 Å². The van der Waals surface area contributed by atoms with Gasteiger partial charge in [0.2, 0.25) is 5.91 Å². The zero-order valence-corrected chi connectivity index (χ0v) is 12.1. The molecule has 0 aromatic rings. The number of hydrogen-bond acceptors (Lipinski definition) is 2. The van der Waals surface area contributed by atoms with Crippen molar-refractivity contribution in [2.45, 2.75) is 71.3 Å². The maximum atomic E-state index is 11.9. The molecule has 2 N–H and O–H groups in total. The zero-order chi connectivity index (χ0) is 13.2. The number of unbranched alkanes of at least 4 members (excludes halogenated alkanes) is 5. The lowest BCUT2D eigenvalue weighted by atomic mass is 9.95. The van der Waals surface area contributed by atoms with Crippen LogP contribution in [0.3, 0.4) is 0 Å². The average Bonchev–Trinajstić information content (AvgIpc) is 2.38. The number of carbonyl (C=O) groups excluding carboxylic acids is 1. The first-order chi connectivity index (χ1) is 8.74. The molecule has 0 saturated carbocycles. The van der Waals surface area contributed by atoms with Gasteiger partial charge in [0, 0.05) is 19.1 Å². The van der Waals surface area contributed by atoms with E-state index in [0.717, 1.165) is 32.4 Å². The van der Waals surface area contributed by atoms with Gasteiger partial charge in [-0.3, -0.25) is 4.79 Å². The van der Waals surface area contributed by atoms with E-state index in [9.17, 15) is 4.79 Å². The van der Waals surface area contributed by atoms with Gasteiger partial charge >= 0.3 is 0 Å². The van der Waals surface area contributed by atoms with Crippen LogP contribution in [0.15, 0.2) is 0 Å². The minimum atomic E-state index is 0.196. The molecule has 0 bridgehead atoms. The molecule has 1 saturated heterocycles. The molecule has 1 heterocycles. The van der Waals surface area contributed by atoms with Gasteiger partial charge in [-0.2, -0.15) is 0 Å². The quantitative estimate of drug-likeness (QED) is 0.654. The molecule has 1 aliphatic rings. The van der Waals surface area contributed by atoms with E-state index < -0.39 is 0 Å². The second-order valence-corrected chi connectivity index (χ2v) is 5.64. The van der Waals surface area contributed by atoms with Gasteiger partial charge in [-0.1, -0.05) is 39.0 Å². The van der Waals surface area contributed by atoms with Crippen molar-refractivity contribution in [2.75, 3.05) is 13.1 Å². The molecular formula is C15H30N2O. The van der Waals surface area contributed by atoms with E-state index in [-0.39, 0.29) is 11.8 Å². The Morgan fingerprint density at radius 2 is 1.89 bits per heavy atom. The summed E-state index contributed by atoms with van der Waals surface area (Å²) in [4.78, 5) is 11.9. The Kier molecular flexibility index (Phi) is 8.06. The number of nitrogens with one attached hydrogen (secondary N) is 2.